The second-order valence-corrected chi connectivity index (χ2v) is 3.85. The third kappa shape index (κ3) is 3.34. The van der Waals surface area contributed by atoms with E-state index in [0.717, 1.165) is 6.42 Å². The Morgan fingerprint density at radius 3 is 2.12 bits per heavy atom. The summed E-state index contributed by atoms with van der Waals surface area (Å²) in [5.74, 6) is 0. The van der Waals surface area contributed by atoms with Crippen LogP contribution in [0.15, 0.2) is 54.6 Å². The minimum absolute atomic E-state index is 0.541. The number of rotatable bonds is 3. The summed E-state index contributed by atoms with van der Waals surface area (Å²) in [7, 11) is 0. The lowest BCUT2D eigenvalue weighted by Crippen LogP contribution is -2.19. The molecule has 0 bridgehead atoms. The molecule has 2 aromatic rings. The van der Waals surface area contributed by atoms with E-state index in [1.54, 1.807) is 0 Å². The molecule has 3 heteroatoms. The number of nitrogens with two attached hydrogens (primary N) is 1. The third-order valence-electron chi connectivity index (χ3n) is 2.47. The Kier molecular flexibility index (Phi) is 3.40. The van der Waals surface area contributed by atoms with Gasteiger partial charge in [0, 0.05) is 5.69 Å². The molecular weight excluding hydrogens is 212 g/mol. The summed E-state index contributed by atoms with van der Waals surface area (Å²) in [4.78, 5) is 10.7. The highest BCUT2D eigenvalue weighted by atomic mass is 16.2. The molecule has 0 fully saturated rings. The molecule has 0 aromatic heterocycles. The number of hydrogen-bond acceptors (Lipinski definition) is 1. The quantitative estimate of drug-likeness (QED) is 0.830. The highest BCUT2D eigenvalue weighted by Gasteiger charge is 1.98. The van der Waals surface area contributed by atoms with E-state index in [4.69, 9.17) is 5.73 Å². The average Bonchev–Trinajstić information content (AvgIpc) is 2.32. The summed E-state index contributed by atoms with van der Waals surface area (Å²) < 4.78 is 0. The standard InChI is InChI=1S/C14H14N2O/c15-14(17)16-13-8-6-12(7-9-13)10-11-4-2-1-3-5-11/h1-9H,10H2,(H3,15,16,17). The SMILES string of the molecule is NC(=O)Nc1ccc(Cc2ccccc2)cc1. The zero-order chi connectivity index (χ0) is 12.1. The van der Waals surface area contributed by atoms with Gasteiger partial charge in [-0.15, -0.1) is 0 Å². The molecule has 2 rings (SSSR count). The highest BCUT2D eigenvalue weighted by molar-refractivity contribution is 5.87. The number of urea groups is 1. The van der Waals surface area contributed by atoms with Gasteiger partial charge in [-0.05, 0) is 29.7 Å². The molecule has 0 saturated carbocycles. The second-order valence-electron chi connectivity index (χ2n) is 3.85. The van der Waals surface area contributed by atoms with E-state index in [1.807, 2.05) is 42.5 Å². The molecular formula is C14H14N2O. The predicted octanol–water partition coefficient (Wildman–Crippen LogP) is 2.77. The maximum absolute atomic E-state index is 10.7. The lowest BCUT2D eigenvalue weighted by molar-refractivity contribution is 0.259. The van der Waals surface area contributed by atoms with Crippen LogP contribution >= 0.6 is 0 Å². The van der Waals surface area contributed by atoms with Gasteiger partial charge in [-0.1, -0.05) is 42.5 Å². The topological polar surface area (TPSA) is 55.1 Å². The Morgan fingerprint density at radius 1 is 0.941 bits per heavy atom. The number of primary amides is 1. The molecule has 3 N–H and O–H groups in total. The zero-order valence-electron chi connectivity index (χ0n) is 9.39. The molecule has 0 spiro atoms. The van der Waals surface area contributed by atoms with Crippen LogP contribution in [0.2, 0.25) is 0 Å². The van der Waals surface area contributed by atoms with Crippen LogP contribution in [-0.4, -0.2) is 6.03 Å². The summed E-state index contributed by atoms with van der Waals surface area (Å²) in [6, 6.07) is 17.4. The summed E-state index contributed by atoms with van der Waals surface area (Å²) in [5.41, 5.74) is 8.22. The van der Waals surface area contributed by atoms with Gasteiger partial charge in [0.05, 0.1) is 0 Å². The minimum Gasteiger partial charge on any atom is -0.351 e. The Bertz CT molecular complexity index is 491. The van der Waals surface area contributed by atoms with Crippen LogP contribution in [0, 0.1) is 0 Å². The van der Waals surface area contributed by atoms with Crippen LogP contribution in [0.4, 0.5) is 10.5 Å². The molecule has 0 aliphatic carbocycles. The number of nitrogens with one attached hydrogen (secondary N) is 1. The second kappa shape index (κ2) is 5.16. The maximum atomic E-state index is 10.7. The van der Waals surface area contributed by atoms with Crippen molar-refractivity contribution < 1.29 is 4.79 Å². The molecule has 86 valence electrons. The van der Waals surface area contributed by atoms with Gasteiger partial charge in [0.25, 0.3) is 0 Å². The molecule has 3 nitrogen and oxygen atoms in total. The predicted molar refractivity (Wildman–Crippen MR) is 68.9 cm³/mol. The Labute approximate surface area is 100 Å². The van der Waals surface area contributed by atoms with Crippen LogP contribution < -0.4 is 11.1 Å². The van der Waals surface area contributed by atoms with Crippen molar-refractivity contribution in [3.63, 3.8) is 0 Å². The Morgan fingerprint density at radius 2 is 1.53 bits per heavy atom. The molecule has 2 amide bonds. The average molecular weight is 226 g/mol. The Balaban J connectivity index is 2.06. The van der Waals surface area contributed by atoms with Crippen molar-refractivity contribution >= 4 is 11.7 Å². The molecule has 17 heavy (non-hydrogen) atoms. The first-order valence-electron chi connectivity index (χ1n) is 5.43. The molecule has 2 aromatic carbocycles. The fourth-order valence-electron chi connectivity index (χ4n) is 1.68. The van der Waals surface area contributed by atoms with Crippen molar-refractivity contribution in [2.45, 2.75) is 6.42 Å². The summed E-state index contributed by atoms with van der Waals surface area (Å²) in [6.45, 7) is 0. The van der Waals surface area contributed by atoms with Crippen LogP contribution in [0.25, 0.3) is 0 Å². The van der Waals surface area contributed by atoms with Crippen molar-refractivity contribution in [3.8, 4) is 0 Å². The van der Waals surface area contributed by atoms with E-state index in [1.165, 1.54) is 11.1 Å². The molecule has 0 aliphatic heterocycles. The maximum Gasteiger partial charge on any atom is 0.316 e. The first-order valence-corrected chi connectivity index (χ1v) is 5.43. The lowest BCUT2D eigenvalue weighted by Gasteiger charge is -2.04. The van der Waals surface area contributed by atoms with Gasteiger partial charge in [-0.25, -0.2) is 4.79 Å². The van der Waals surface area contributed by atoms with Gasteiger partial charge in [0.2, 0.25) is 0 Å². The van der Waals surface area contributed by atoms with Crippen LogP contribution in [-0.2, 0) is 6.42 Å². The van der Waals surface area contributed by atoms with E-state index >= 15 is 0 Å². The number of anilines is 1. The van der Waals surface area contributed by atoms with E-state index in [0.29, 0.717) is 5.69 Å². The zero-order valence-corrected chi connectivity index (χ0v) is 9.39. The molecule has 0 heterocycles. The van der Waals surface area contributed by atoms with Gasteiger partial charge in [-0.2, -0.15) is 0 Å². The monoisotopic (exact) mass is 226 g/mol. The van der Waals surface area contributed by atoms with E-state index < -0.39 is 6.03 Å². The van der Waals surface area contributed by atoms with Crippen LogP contribution in [0.5, 0.6) is 0 Å². The normalized spacial score (nSPS) is 9.88. The third-order valence-corrected chi connectivity index (χ3v) is 2.47. The number of carbonyl (C=O) groups is 1. The van der Waals surface area contributed by atoms with Crippen molar-refractivity contribution in [2.75, 3.05) is 5.32 Å². The lowest BCUT2D eigenvalue weighted by atomic mass is 10.1. The molecule has 0 radical (unpaired) electrons. The molecule has 0 atom stereocenters. The van der Waals surface area contributed by atoms with Gasteiger partial charge in [0.1, 0.15) is 0 Å². The van der Waals surface area contributed by atoms with E-state index in [-0.39, 0.29) is 0 Å². The first kappa shape index (κ1) is 11.2. The molecule has 0 aliphatic rings. The molecule has 0 saturated heterocycles. The van der Waals surface area contributed by atoms with Crippen molar-refractivity contribution in [1.82, 2.24) is 0 Å². The van der Waals surface area contributed by atoms with Crippen LogP contribution in [0.1, 0.15) is 11.1 Å². The molecule has 0 unspecified atom stereocenters. The summed E-state index contributed by atoms with van der Waals surface area (Å²) in [5, 5.41) is 2.53. The number of hydrogen-bond donors (Lipinski definition) is 2. The van der Waals surface area contributed by atoms with Crippen molar-refractivity contribution in [2.24, 2.45) is 5.73 Å². The van der Waals surface area contributed by atoms with Gasteiger partial charge >= 0.3 is 6.03 Å². The first-order chi connectivity index (χ1) is 8.24. The fourth-order valence-corrected chi connectivity index (χ4v) is 1.68. The number of carbonyl (C=O) groups excluding carboxylic acids is 1. The Hall–Kier alpha value is -2.29. The van der Waals surface area contributed by atoms with Gasteiger partial charge in [0.15, 0.2) is 0 Å². The van der Waals surface area contributed by atoms with Crippen LogP contribution in [0.3, 0.4) is 0 Å². The number of benzene rings is 2. The van der Waals surface area contributed by atoms with Crippen molar-refractivity contribution in [3.05, 3.63) is 65.7 Å². The highest BCUT2D eigenvalue weighted by Crippen LogP contribution is 2.13. The summed E-state index contributed by atoms with van der Waals surface area (Å²) >= 11 is 0. The van der Waals surface area contributed by atoms with Gasteiger partial charge < -0.3 is 11.1 Å². The summed E-state index contributed by atoms with van der Waals surface area (Å²) in [6.07, 6.45) is 0.887. The minimum atomic E-state index is -0.541. The van der Waals surface area contributed by atoms with E-state index in [2.05, 4.69) is 17.4 Å². The number of amides is 2. The largest absolute Gasteiger partial charge is 0.351 e. The van der Waals surface area contributed by atoms with Gasteiger partial charge in [-0.3, -0.25) is 0 Å². The van der Waals surface area contributed by atoms with E-state index in [9.17, 15) is 4.79 Å². The van der Waals surface area contributed by atoms with Crippen molar-refractivity contribution in [1.29, 1.82) is 0 Å². The smallest absolute Gasteiger partial charge is 0.316 e. The fraction of sp³-hybridized carbons (Fsp3) is 0.0714.